The predicted molar refractivity (Wildman–Crippen MR) is 122 cm³/mol. The summed E-state index contributed by atoms with van der Waals surface area (Å²) in [5.74, 6) is 0.138. The number of aromatic nitrogens is 2. The van der Waals surface area contributed by atoms with Crippen molar-refractivity contribution in [1.29, 1.82) is 0 Å². The molecule has 3 aromatic rings. The summed E-state index contributed by atoms with van der Waals surface area (Å²) >= 11 is 1.57. The Bertz CT molecular complexity index is 971. The number of nitrogens with one attached hydrogen (secondary N) is 2. The molecule has 4 rings (SSSR count). The van der Waals surface area contributed by atoms with E-state index in [2.05, 4.69) is 27.8 Å². The maximum Gasteiger partial charge on any atom is 0.228 e. The first kappa shape index (κ1) is 21.5. The van der Waals surface area contributed by atoms with Gasteiger partial charge in [-0.05, 0) is 31.4 Å². The number of carbonyl (C=O) groups excluding carboxylic acids is 2. The van der Waals surface area contributed by atoms with Crippen molar-refractivity contribution in [3.8, 4) is 0 Å². The molecule has 0 bridgehead atoms. The minimum absolute atomic E-state index is 0.00877. The topological polar surface area (TPSA) is 78.7 Å². The molecule has 1 atom stereocenters. The highest BCUT2D eigenvalue weighted by molar-refractivity contribution is 7.15. The summed E-state index contributed by atoms with van der Waals surface area (Å²) in [6.07, 6.45) is 7.25. The molecule has 1 aliphatic heterocycles. The fourth-order valence-electron chi connectivity index (χ4n) is 3.94. The van der Waals surface area contributed by atoms with E-state index >= 15 is 0 Å². The molecule has 3 heterocycles. The summed E-state index contributed by atoms with van der Waals surface area (Å²) in [5.41, 5.74) is 1.93. The third-order valence-electron chi connectivity index (χ3n) is 5.59. The Morgan fingerprint density at radius 3 is 2.81 bits per heavy atom. The Hall–Kier alpha value is -2.71. The van der Waals surface area contributed by atoms with Crippen LogP contribution in [0.4, 0.5) is 0 Å². The molecule has 2 N–H and O–H groups in total. The SMILES string of the molecule is O=C1CC(c2ccccc2)NCCCCN(C(=O)Cc2cn3ccsc3n2)CCCN1. The van der Waals surface area contributed by atoms with Gasteiger partial charge in [-0.2, -0.15) is 0 Å². The number of fused-ring (bicyclic) bond motifs is 1. The summed E-state index contributed by atoms with van der Waals surface area (Å²) in [6.45, 7) is 2.76. The van der Waals surface area contributed by atoms with Crippen LogP contribution in [0.25, 0.3) is 4.96 Å². The fourth-order valence-corrected chi connectivity index (χ4v) is 4.66. The van der Waals surface area contributed by atoms with Crippen LogP contribution in [0, 0.1) is 0 Å². The van der Waals surface area contributed by atoms with Gasteiger partial charge in [0.05, 0.1) is 12.1 Å². The molecule has 0 saturated carbocycles. The van der Waals surface area contributed by atoms with Crippen molar-refractivity contribution < 1.29 is 9.59 Å². The average molecular weight is 440 g/mol. The van der Waals surface area contributed by atoms with Crippen LogP contribution in [0.2, 0.25) is 0 Å². The molecule has 164 valence electrons. The lowest BCUT2D eigenvalue weighted by molar-refractivity contribution is -0.130. The van der Waals surface area contributed by atoms with E-state index in [0.717, 1.165) is 48.6 Å². The highest BCUT2D eigenvalue weighted by Crippen LogP contribution is 2.17. The maximum atomic E-state index is 12.9. The van der Waals surface area contributed by atoms with Crippen LogP contribution in [0.1, 0.15) is 43.0 Å². The van der Waals surface area contributed by atoms with Gasteiger partial charge in [0, 0.05) is 49.9 Å². The van der Waals surface area contributed by atoms with E-state index in [0.29, 0.717) is 25.9 Å². The third kappa shape index (κ3) is 5.92. The van der Waals surface area contributed by atoms with Gasteiger partial charge in [-0.25, -0.2) is 4.98 Å². The van der Waals surface area contributed by atoms with Crippen LogP contribution in [0.5, 0.6) is 0 Å². The summed E-state index contributed by atoms with van der Waals surface area (Å²) in [7, 11) is 0. The van der Waals surface area contributed by atoms with Crippen molar-refractivity contribution in [3.63, 3.8) is 0 Å². The van der Waals surface area contributed by atoms with Crippen LogP contribution in [-0.2, 0) is 16.0 Å². The number of hydrogen-bond donors (Lipinski definition) is 2. The molecule has 1 saturated heterocycles. The van der Waals surface area contributed by atoms with Gasteiger partial charge in [0.2, 0.25) is 11.8 Å². The number of thiazole rings is 1. The van der Waals surface area contributed by atoms with E-state index in [1.807, 2.05) is 45.3 Å². The molecular weight excluding hydrogens is 410 g/mol. The van der Waals surface area contributed by atoms with Crippen molar-refractivity contribution in [3.05, 3.63) is 59.4 Å². The van der Waals surface area contributed by atoms with Gasteiger partial charge in [-0.1, -0.05) is 30.3 Å². The van der Waals surface area contributed by atoms with Crippen LogP contribution < -0.4 is 10.6 Å². The second-order valence-electron chi connectivity index (χ2n) is 7.91. The first-order valence-electron chi connectivity index (χ1n) is 10.9. The zero-order valence-electron chi connectivity index (χ0n) is 17.6. The quantitative estimate of drug-likeness (QED) is 0.658. The van der Waals surface area contributed by atoms with Gasteiger partial charge in [0.25, 0.3) is 0 Å². The van der Waals surface area contributed by atoms with E-state index in [4.69, 9.17) is 0 Å². The zero-order valence-corrected chi connectivity index (χ0v) is 18.4. The van der Waals surface area contributed by atoms with Crippen LogP contribution >= 0.6 is 11.3 Å². The predicted octanol–water partition coefficient (Wildman–Crippen LogP) is 2.79. The molecule has 1 aliphatic rings. The molecule has 1 aromatic carbocycles. The highest BCUT2D eigenvalue weighted by Gasteiger charge is 2.18. The van der Waals surface area contributed by atoms with Gasteiger partial charge in [-0.15, -0.1) is 11.3 Å². The number of rotatable bonds is 3. The Morgan fingerprint density at radius 2 is 1.97 bits per heavy atom. The summed E-state index contributed by atoms with van der Waals surface area (Å²) in [4.78, 5) is 32.7. The highest BCUT2D eigenvalue weighted by atomic mass is 32.1. The van der Waals surface area contributed by atoms with Gasteiger partial charge in [-0.3, -0.25) is 14.0 Å². The van der Waals surface area contributed by atoms with Gasteiger partial charge >= 0.3 is 0 Å². The fraction of sp³-hybridized carbons (Fsp3) is 0.435. The van der Waals surface area contributed by atoms with Crippen molar-refractivity contribution in [2.24, 2.45) is 0 Å². The molecule has 1 unspecified atom stereocenters. The van der Waals surface area contributed by atoms with Gasteiger partial charge in [0.1, 0.15) is 0 Å². The normalized spacial score (nSPS) is 19.3. The number of amides is 2. The molecule has 0 spiro atoms. The monoisotopic (exact) mass is 439 g/mol. The van der Waals surface area contributed by atoms with Crippen molar-refractivity contribution in [1.82, 2.24) is 24.9 Å². The Labute approximate surface area is 186 Å². The van der Waals surface area contributed by atoms with E-state index in [-0.39, 0.29) is 17.9 Å². The molecule has 2 amide bonds. The molecule has 0 aliphatic carbocycles. The number of benzene rings is 1. The average Bonchev–Trinajstić information content (AvgIpc) is 3.36. The summed E-state index contributed by atoms with van der Waals surface area (Å²) in [5, 5.41) is 8.52. The number of imidazole rings is 1. The summed E-state index contributed by atoms with van der Waals surface area (Å²) < 4.78 is 1.96. The maximum absolute atomic E-state index is 12.9. The molecule has 31 heavy (non-hydrogen) atoms. The first-order valence-corrected chi connectivity index (χ1v) is 11.8. The van der Waals surface area contributed by atoms with Crippen LogP contribution in [-0.4, -0.2) is 52.3 Å². The second-order valence-corrected chi connectivity index (χ2v) is 8.79. The lowest BCUT2D eigenvalue weighted by Gasteiger charge is -2.22. The number of carbonyl (C=O) groups is 2. The van der Waals surface area contributed by atoms with Crippen LogP contribution in [0.15, 0.2) is 48.1 Å². The van der Waals surface area contributed by atoms with Gasteiger partial charge in [0.15, 0.2) is 4.96 Å². The molecule has 7 nitrogen and oxygen atoms in total. The third-order valence-corrected chi connectivity index (χ3v) is 6.36. The Balaban J connectivity index is 1.35. The lowest BCUT2D eigenvalue weighted by Crippen LogP contribution is -2.36. The van der Waals surface area contributed by atoms with Crippen molar-refractivity contribution in [2.75, 3.05) is 26.2 Å². The second kappa shape index (κ2) is 10.5. The van der Waals surface area contributed by atoms with E-state index in [1.54, 1.807) is 11.3 Å². The summed E-state index contributed by atoms with van der Waals surface area (Å²) in [6, 6.07) is 10.1. The van der Waals surface area contributed by atoms with E-state index in [9.17, 15) is 9.59 Å². The number of nitrogens with zero attached hydrogens (tertiary/aromatic N) is 3. The molecule has 8 heteroatoms. The Morgan fingerprint density at radius 1 is 1.13 bits per heavy atom. The van der Waals surface area contributed by atoms with Crippen LogP contribution in [0.3, 0.4) is 0 Å². The number of hydrogen-bond acceptors (Lipinski definition) is 5. The Kier molecular flexibility index (Phi) is 7.32. The molecular formula is C23H29N5O2S. The lowest BCUT2D eigenvalue weighted by atomic mass is 10.0. The van der Waals surface area contributed by atoms with E-state index in [1.165, 1.54) is 0 Å². The molecule has 0 radical (unpaired) electrons. The minimum atomic E-state index is 0.00877. The largest absolute Gasteiger partial charge is 0.356 e. The van der Waals surface area contributed by atoms with Gasteiger partial charge < -0.3 is 15.5 Å². The van der Waals surface area contributed by atoms with E-state index < -0.39 is 0 Å². The van der Waals surface area contributed by atoms with Crippen molar-refractivity contribution in [2.45, 2.75) is 38.1 Å². The first-order chi connectivity index (χ1) is 15.2. The molecule has 2 aromatic heterocycles. The standard InChI is InChI=1S/C23H29N5O2S/c29-21-16-20(18-7-2-1-3-8-18)24-9-4-5-11-27(12-6-10-25-21)22(30)15-19-17-28-13-14-31-23(28)26-19/h1-3,7-8,13-14,17,20,24H,4-6,9-12,15-16H2,(H,25,29). The van der Waals surface area contributed by atoms with Crippen molar-refractivity contribution >= 4 is 28.1 Å². The smallest absolute Gasteiger partial charge is 0.228 e. The zero-order chi connectivity index (χ0) is 21.5. The minimum Gasteiger partial charge on any atom is -0.356 e. The molecule has 1 fully saturated rings.